The van der Waals surface area contributed by atoms with Crippen molar-refractivity contribution in [3.8, 4) is 0 Å². The van der Waals surface area contributed by atoms with E-state index in [1.54, 1.807) is 24.3 Å². The van der Waals surface area contributed by atoms with Crippen LogP contribution in [0.1, 0.15) is 11.1 Å². The molecule has 3 nitrogen and oxygen atoms in total. The van der Waals surface area contributed by atoms with Crippen LogP contribution in [0.2, 0.25) is 0 Å². The van der Waals surface area contributed by atoms with E-state index in [0.29, 0.717) is 11.1 Å². The molecule has 0 fully saturated rings. The van der Waals surface area contributed by atoms with Crippen molar-refractivity contribution in [2.45, 2.75) is 17.1 Å². The first kappa shape index (κ1) is 15.3. The smallest absolute Gasteiger partial charge is 0.307 e. The van der Waals surface area contributed by atoms with Crippen LogP contribution in [-0.4, -0.2) is 15.3 Å². The molecule has 1 atom stereocenters. The molecule has 0 aliphatic heterocycles. The summed E-state index contributed by atoms with van der Waals surface area (Å²) >= 11 is 0. The summed E-state index contributed by atoms with van der Waals surface area (Å²) < 4.78 is 38.2. The van der Waals surface area contributed by atoms with Gasteiger partial charge in [-0.2, -0.15) is 0 Å². The second-order valence-electron chi connectivity index (χ2n) is 4.41. The molecule has 0 aliphatic carbocycles. The van der Waals surface area contributed by atoms with E-state index in [-0.39, 0.29) is 17.1 Å². The molecule has 0 aliphatic rings. The molecular weight excluding hydrogens is 298 g/mol. The zero-order valence-corrected chi connectivity index (χ0v) is 11.7. The standard InChI is InChI=1S/C15H12F2O3S/c16-13-6-5-12(8-14(13)17)21(20)9-11-4-2-1-3-10(11)7-15(18)19/h1-6,8H,7,9H2,(H,18,19). The Labute approximate surface area is 122 Å². The number of rotatable bonds is 5. The Balaban J connectivity index is 2.23. The van der Waals surface area contributed by atoms with E-state index >= 15 is 0 Å². The molecule has 0 heterocycles. The minimum Gasteiger partial charge on any atom is -0.481 e. The first-order chi connectivity index (χ1) is 9.97. The highest BCUT2D eigenvalue weighted by atomic mass is 32.2. The second kappa shape index (κ2) is 6.58. The van der Waals surface area contributed by atoms with Crippen molar-refractivity contribution in [3.05, 3.63) is 65.2 Å². The SMILES string of the molecule is O=C(O)Cc1ccccc1CS(=O)c1ccc(F)c(F)c1. The molecule has 0 amide bonds. The molecule has 0 saturated heterocycles. The van der Waals surface area contributed by atoms with Crippen molar-refractivity contribution < 1.29 is 22.9 Å². The van der Waals surface area contributed by atoms with Crippen LogP contribution >= 0.6 is 0 Å². The summed E-state index contributed by atoms with van der Waals surface area (Å²) in [6, 6.07) is 9.80. The van der Waals surface area contributed by atoms with Crippen molar-refractivity contribution in [2.24, 2.45) is 0 Å². The van der Waals surface area contributed by atoms with Crippen molar-refractivity contribution in [3.63, 3.8) is 0 Å². The maximum Gasteiger partial charge on any atom is 0.307 e. The molecule has 0 spiro atoms. The third kappa shape index (κ3) is 3.95. The van der Waals surface area contributed by atoms with E-state index in [0.717, 1.165) is 12.1 Å². The molecule has 0 bridgehead atoms. The first-order valence-electron chi connectivity index (χ1n) is 6.09. The molecule has 6 heteroatoms. The number of hydrogen-bond donors (Lipinski definition) is 1. The van der Waals surface area contributed by atoms with Gasteiger partial charge in [-0.1, -0.05) is 24.3 Å². The number of carboxylic acids is 1. The molecule has 0 saturated carbocycles. The van der Waals surface area contributed by atoms with Gasteiger partial charge in [-0.3, -0.25) is 9.00 Å². The lowest BCUT2D eigenvalue weighted by molar-refractivity contribution is -0.136. The summed E-state index contributed by atoms with van der Waals surface area (Å²) in [6.45, 7) is 0. The minimum absolute atomic E-state index is 0.0501. The third-order valence-electron chi connectivity index (χ3n) is 2.90. The molecule has 1 N–H and O–H groups in total. The summed E-state index contributed by atoms with van der Waals surface area (Å²) in [4.78, 5) is 11.0. The van der Waals surface area contributed by atoms with Gasteiger partial charge >= 0.3 is 5.97 Å². The Bertz CT molecular complexity index is 701. The van der Waals surface area contributed by atoms with Crippen molar-refractivity contribution >= 4 is 16.8 Å². The molecule has 2 aromatic rings. The molecule has 21 heavy (non-hydrogen) atoms. The minimum atomic E-state index is -1.58. The van der Waals surface area contributed by atoms with Crippen LogP contribution in [0.5, 0.6) is 0 Å². The van der Waals surface area contributed by atoms with Gasteiger partial charge in [-0.05, 0) is 29.3 Å². The fourth-order valence-electron chi connectivity index (χ4n) is 1.88. The lowest BCUT2D eigenvalue weighted by Crippen LogP contribution is -2.06. The second-order valence-corrected chi connectivity index (χ2v) is 5.86. The van der Waals surface area contributed by atoms with Crippen LogP contribution in [0.25, 0.3) is 0 Å². The maximum atomic E-state index is 13.1. The monoisotopic (exact) mass is 310 g/mol. The fourth-order valence-corrected chi connectivity index (χ4v) is 3.06. The van der Waals surface area contributed by atoms with Crippen molar-refractivity contribution in [2.75, 3.05) is 0 Å². The number of hydrogen-bond acceptors (Lipinski definition) is 2. The van der Waals surface area contributed by atoms with E-state index in [1.807, 2.05) is 0 Å². The van der Waals surface area contributed by atoms with E-state index in [4.69, 9.17) is 5.11 Å². The summed E-state index contributed by atoms with van der Waals surface area (Å²) in [5.41, 5.74) is 1.17. The Morgan fingerprint density at radius 3 is 2.33 bits per heavy atom. The quantitative estimate of drug-likeness (QED) is 0.924. The van der Waals surface area contributed by atoms with Crippen LogP contribution in [0.3, 0.4) is 0 Å². The van der Waals surface area contributed by atoms with Crippen LogP contribution in [0, 0.1) is 11.6 Å². The van der Waals surface area contributed by atoms with Crippen LogP contribution in [0.15, 0.2) is 47.4 Å². The number of halogens is 2. The van der Waals surface area contributed by atoms with Crippen LogP contribution in [-0.2, 0) is 27.8 Å². The highest BCUT2D eigenvalue weighted by Crippen LogP contribution is 2.18. The number of aliphatic carboxylic acids is 1. The zero-order valence-electron chi connectivity index (χ0n) is 10.9. The number of carbonyl (C=O) groups is 1. The highest BCUT2D eigenvalue weighted by molar-refractivity contribution is 7.84. The predicted octanol–water partition coefficient (Wildman–Crippen LogP) is 2.90. The summed E-state index contributed by atoms with van der Waals surface area (Å²) in [6.07, 6.45) is -0.175. The molecule has 0 aromatic heterocycles. The first-order valence-corrected chi connectivity index (χ1v) is 7.41. The molecule has 1 unspecified atom stereocenters. The highest BCUT2D eigenvalue weighted by Gasteiger charge is 2.12. The fraction of sp³-hybridized carbons (Fsp3) is 0.133. The van der Waals surface area contributed by atoms with Crippen molar-refractivity contribution in [1.82, 2.24) is 0 Å². The summed E-state index contributed by atoms with van der Waals surface area (Å²) in [5, 5.41) is 8.84. The summed E-state index contributed by atoms with van der Waals surface area (Å²) in [5.74, 6) is -2.99. The van der Waals surface area contributed by atoms with Gasteiger partial charge in [0, 0.05) is 4.90 Å². The average Bonchev–Trinajstić information content (AvgIpc) is 2.43. The number of carboxylic acid groups (broad SMARTS) is 1. The van der Waals surface area contributed by atoms with Gasteiger partial charge in [0.1, 0.15) is 0 Å². The lowest BCUT2D eigenvalue weighted by atomic mass is 10.1. The Hall–Kier alpha value is -2.08. The predicted molar refractivity (Wildman–Crippen MR) is 74.3 cm³/mol. The Kier molecular flexibility index (Phi) is 4.80. The Morgan fingerprint density at radius 2 is 1.71 bits per heavy atom. The molecule has 2 aromatic carbocycles. The van der Waals surface area contributed by atoms with Gasteiger partial charge < -0.3 is 5.11 Å². The van der Waals surface area contributed by atoms with Crippen LogP contribution < -0.4 is 0 Å². The third-order valence-corrected chi connectivity index (χ3v) is 4.25. The summed E-state index contributed by atoms with van der Waals surface area (Å²) in [7, 11) is -1.58. The Morgan fingerprint density at radius 1 is 1.05 bits per heavy atom. The van der Waals surface area contributed by atoms with Gasteiger partial charge in [-0.15, -0.1) is 0 Å². The van der Waals surface area contributed by atoms with Gasteiger partial charge in [0.25, 0.3) is 0 Å². The lowest BCUT2D eigenvalue weighted by Gasteiger charge is -2.08. The van der Waals surface area contributed by atoms with E-state index in [2.05, 4.69) is 0 Å². The molecule has 110 valence electrons. The topological polar surface area (TPSA) is 54.4 Å². The molecular formula is C15H12F2O3S. The van der Waals surface area contributed by atoms with Gasteiger partial charge in [-0.25, -0.2) is 8.78 Å². The molecule has 0 radical (unpaired) electrons. The number of benzene rings is 2. The van der Waals surface area contributed by atoms with E-state index < -0.39 is 28.4 Å². The van der Waals surface area contributed by atoms with E-state index in [1.165, 1.54) is 6.07 Å². The zero-order chi connectivity index (χ0) is 15.4. The molecule has 2 rings (SSSR count). The van der Waals surface area contributed by atoms with E-state index in [9.17, 15) is 17.8 Å². The van der Waals surface area contributed by atoms with Gasteiger partial charge in [0.2, 0.25) is 0 Å². The van der Waals surface area contributed by atoms with Gasteiger partial charge in [0.15, 0.2) is 11.6 Å². The maximum absolute atomic E-state index is 13.1. The normalized spacial score (nSPS) is 12.1. The average molecular weight is 310 g/mol. The largest absolute Gasteiger partial charge is 0.481 e. The van der Waals surface area contributed by atoms with Crippen LogP contribution in [0.4, 0.5) is 8.78 Å². The van der Waals surface area contributed by atoms with Gasteiger partial charge in [0.05, 0.1) is 23.0 Å². The van der Waals surface area contributed by atoms with Crippen molar-refractivity contribution in [1.29, 1.82) is 0 Å².